The molecule has 0 aliphatic rings. The Morgan fingerprint density at radius 2 is 2.04 bits per heavy atom. The number of benzene rings is 1. The minimum absolute atomic E-state index is 0.145. The zero-order valence-corrected chi connectivity index (χ0v) is 15.9. The maximum absolute atomic E-state index is 12.7. The molecular weight excluding hydrogens is 376 g/mol. The van der Waals surface area contributed by atoms with Crippen LogP contribution in [0.4, 0.5) is 5.69 Å². The van der Waals surface area contributed by atoms with E-state index in [4.69, 9.17) is 25.6 Å². The van der Waals surface area contributed by atoms with Crippen LogP contribution in [0.5, 0.6) is 11.5 Å². The predicted octanol–water partition coefficient (Wildman–Crippen LogP) is 2.31. The fraction of sp³-hybridized carbons (Fsp3) is 0.294. The van der Waals surface area contributed by atoms with Crippen LogP contribution in [0.25, 0.3) is 11.1 Å². The lowest BCUT2D eigenvalue weighted by Crippen LogP contribution is -2.30. The summed E-state index contributed by atoms with van der Waals surface area (Å²) in [6.07, 6.45) is 0. The van der Waals surface area contributed by atoms with Gasteiger partial charge in [0.25, 0.3) is 11.3 Å². The van der Waals surface area contributed by atoms with Crippen LogP contribution < -0.4 is 20.3 Å². The zero-order valence-electron chi connectivity index (χ0n) is 15.1. The number of rotatable bonds is 5. The number of aromatic nitrogens is 3. The minimum Gasteiger partial charge on any atom is -0.497 e. The summed E-state index contributed by atoms with van der Waals surface area (Å²) in [7, 11) is 2.94. The average Bonchev–Trinajstić information content (AvgIpc) is 3.00. The van der Waals surface area contributed by atoms with Gasteiger partial charge >= 0.3 is 0 Å². The molecule has 0 saturated carbocycles. The van der Waals surface area contributed by atoms with Crippen molar-refractivity contribution < 1.29 is 18.8 Å². The number of methoxy groups -OCH3 is 2. The molecule has 0 saturated heterocycles. The summed E-state index contributed by atoms with van der Waals surface area (Å²) >= 11 is 6.21. The first-order valence-electron chi connectivity index (χ1n) is 7.90. The van der Waals surface area contributed by atoms with Gasteiger partial charge in [-0.25, -0.2) is 0 Å². The lowest BCUT2D eigenvalue weighted by atomic mass is 10.2. The van der Waals surface area contributed by atoms with E-state index in [0.717, 1.165) is 0 Å². The SMILES string of the molecule is COc1cc(Cl)c(NC(=O)Cn2c(C)nc3onc(C)c3c2=O)c(OC)c1. The summed E-state index contributed by atoms with van der Waals surface area (Å²) < 4.78 is 16.6. The fourth-order valence-corrected chi connectivity index (χ4v) is 2.88. The smallest absolute Gasteiger partial charge is 0.267 e. The molecule has 2 aromatic heterocycles. The molecule has 27 heavy (non-hydrogen) atoms. The van der Waals surface area contributed by atoms with E-state index in [1.165, 1.54) is 18.8 Å². The molecule has 0 aliphatic carbocycles. The Bertz CT molecular complexity index is 1090. The number of hydrogen-bond donors (Lipinski definition) is 1. The van der Waals surface area contributed by atoms with E-state index in [1.807, 2.05) is 0 Å². The second-order valence-electron chi connectivity index (χ2n) is 5.73. The zero-order chi connectivity index (χ0) is 19.7. The molecule has 0 unspecified atom stereocenters. The first-order valence-corrected chi connectivity index (χ1v) is 8.28. The molecule has 2 heterocycles. The molecule has 1 amide bonds. The van der Waals surface area contributed by atoms with Crippen LogP contribution in [0.15, 0.2) is 21.5 Å². The quantitative estimate of drug-likeness (QED) is 0.709. The number of fused-ring (bicyclic) bond motifs is 1. The van der Waals surface area contributed by atoms with Crippen LogP contribution in [0.1, 0.15) is 11.5 Å². The number of anilines is 1. The van der Waals surface area contributed by atoms with Crippen LogP contribution >= 0.6 is 11.6 Å². The summed E-state index contributed by atoms with van der Waals surface area (Å²) in [6, 6.07) is 3.14. The predicted molar refractivity (Wildman–Crippen MR) is 98.7 cm³/mol. The summed E-state index contributed by atoms with van der Waals surface area (Å²) in [6.45, 7) is 2.98. The Labute approximate surface area is 158 Å². The molecule has 3 aromatic rings. The Balaban J connectivity index is 1.92. The maximum Gasteiger partial charge on any atom is 0.267 e. The van der Waals surface area contributed by atoms with E-state index in [2.05, 4.69) is 15.5 Å². The van der Waals surface area contributed by atoms with Gasteiger partial charge in [0.15, 0.2) is 0 Å². The van der Waals surface area contributed by atoms with Crippen LogP contribution in [0.3, 0.4) is 0 Å². The van der Waals surface area contributed by atoms with Gasteiger partial charge in [0.05, 0.1) is 24.9 Å². The van der Waals surface area contributed by atoms with Crippen molar-refractivity contribution in [1.29, 1.82) is 0 Å². The van der Waals surface area contributed by atoms with Crippen molar-refractivity contribution in [2.24, 2.45) is 0 Å². The highest BCUT2D eigenvalue weighted by Crippen LogP contribution is 2.36. The normalized spacial score (nSPS) is 10.9. The van der Waals surface area contributed by atoms with Crippen molar-refractivity contribution in [3.63, 3.8) is 0 Å². The van der Waals surface area contributed by atoms with E-state index < -0.39 is 11.5 Å². The van der Waals surface area contributed by atoms with Gasteiger partial charge in [0, 0.05) is 12.1 Å². The molecule has 9 nitrogen and oxygen atoms in total. The van der Waals surface area contributed by atoms with Gasteiger partial charge in [-0.05, 0) is 13.8 Å². The monoisotopic (exact) mass is 392 g/mol. The fourth-order valence-electron chi connectivity index (χ4n) is 2.64. The standard InChI is InChI=1S/C17H17ClN4O5/c1-8-14-16(27-21-8)19-9(2)22(17(14)24)7-13(23)20-15-11(18)5-10(25-3)6-12(15)26-4/h5-6H,7H2,1-4H3,(H,20,23). The van der Waals surface area contributed by atoms with Gasteiger partial charge in [0.1, 0.15) is 34.9 Å². The van der Waals surface area contributed by atoms with Crippen molar-refractivity contribution >= 4 is 34.3 Å². The van der Waals surface area contributed by atoms with Gasteiger partial charge in [-0.15, -0.1) is 0 Å². The highest BCUT2D eigenvalue weighted by atomic mass is 35.5. The van der Waals surface area contributed by atoms with E-state index in [1.54, 1.807) is 26.0 Å². The van der Waals surface area contributed by atoms with Gasteiger partial charge in [-0.2, -0.15) is 4.98 Å². The molecule has 0 aliphatic heterocycles. The number of carbonyl (C=O) groups is 1. The van der Waals surface area contributed by atoms with E-state index >= 15 is 0 Å². The first-order chi connectivity index (χ1) is 12.8. The number of ether oxygens (including phenoxy) is 2. The van der Waals surface area contributed by atoms with Gasteiger partial charge in [-0.3, -0.25) is 14.2 Å². The molecule has 0 fully saturated rings. The Morgan fingerprint density at radius 1 is 1.30 bits per heavy atom. The molecule has 142 valence electrons. The van der Waals surface area contributed by atoms with Crippen molar-refractivity contribution in [1.82, 2.24) is 14.7 Å². The van der Waals surface area contributed by atoms with Crippen molar-refractivity contribution in [2.75, 3.05) is 19.5 Å². The third-order valence-electron chi connectivity index (χ3n) is 4.01. The molecule has 0 spiro atoms. The van der Waals surface area contributed by atoms with Gasteiger partial charge in [0.2, 0.25) is 5.91 Å². The molecule has 1 N–H and O–H groups in total. The highest BCUT2D eigenvalue weighted by Gasteiger charge is 2.19. The molecule has 0 atom stereocenters. The third kappa shape index (κ3) is 3.45. The Hall–Kier alpha value is -3.07. The molecule has 1 aromatic carbocycles. The maximum atomic E-state index is 12.7. The topological polar surface area (TPSA) is 108 Å². The summed E-state index contributed by atoms with van der Waals surface area (Å²) in [5, 5.41) is 6.89. The third-order valence-corrected chi connectivity index (χ3v) is 4.31. The van der Waals surface area contributed by atoms with Crippen molar-refractivity contribution in [2.45, 2.75) is 20.4 Å². The minimum atomic E-state index is -0.471. The first kappa shape index (κ1) is 18.7. The summed E-state index contributed by atoms with van der Waals surface area (Å²) in [5.74, 6) is 0.673. The van der Waals surface area contributed by atoms with Crippen LogP contribution in [-0.4, -0.2) is 34.8 Å². The number of carbonyl (C=O) groups excluding carboxylic acids is 1. The lowest BCUT2D eigenvalue weighted by Gasteiger charge is -2.14. The van der Waals surface area contributed by atoms with Crippen molar-refractivity contribution in [3.8, 4) is 11.5 Å². The molecular formula is C17H17ClN4O5. The lowest BCUT2D eigenvalue weighted by molar-refractivity contribution is -0.116. The Kier molecular flexibility index (Phi) is 5.04. The molecule has 0 radical (unpaired) electrons. The number of aryl methyl sites for hydroxylation is 2. The Morgan fingerprint density at radius 3 is 2.70 bits per heavy atom. The molecule has 3 rings (SSSR count). The largest absolute Gasteiger partial charge is 0.497 e. The summed E-state index contributed by atoms with van der Waals surface area (Å²) in [4.78, 5) is 29.4. The number of hydrogen-bond acceptors (Lipinski definition) is 7. The van der Waals surface area contributed by atoms with Crippen LogP contribution in [0.2, 0.25) is 5.02 Å². The van der Waals surface area contributed by atoms with Crippen LogP contribution in [0, 0.1) is 13.8 Å². The average molecular weight is 393 g/mol. The number of halogens is 1. The number of nitrogens with one attached hydrogen (secondary N) is 1. The van der Waals surface area contributed by atoms with E-state index in [-0.39, 0.29) is 28.4 Å². The second-order valence-corrected chi connectivity index (χ2v) is 6.14. The number of nitrogens with zero attached hydrogens (tertiary/aromatic N) is 3. The highest BCUT2D eigenvalue weighted by molar-refractivity contribution is 6.34. The molecule has 10 heteroatoms. The summed E-state index contributed by atoms with van der Waals surface area (Å²) in [5.41, 5.74) is 0.438. The second kappa shape index (κ2) is 7.28. The number of amides is 1. The van der Waals surface area contributed by atoms with Gasteiger partial charge in [-0.1, -0.05) is 16.8 Å². The van der Waals surface area contributed by atoms with E-state index in [0.29, 0.717) is 23.0 Å². The van der Waals surface area contributed by atoms with Gasteiger partial charge < -0.3 is 19.3 Å². The van der Waals surface area contributed by atoms with E-state index in [9.17, 15) is 9.59 Å². The van der Waals surface area contributed by atoms with Crippen molar-refractivity contribution in [3.05, 3.63) is 39.0 Å². The van der Waals surface area contributed by atoms with Crippen LogP contribution in [-0.2, 0) is 11.3 Å². The molecule has 0 bridgehead atoms.